The van der Waals surface area contributed by atoms with Crippen LogP contribution in [0.5, 0.6) is 5.75 Å². The van der Waals surface area contributed by atoms with Crippen molar-refractivity contribution >= 4 is 0 Å². The van der Waals surface area contributed by atoms with E-state index in [0.717, 1.165) is 18.1 Å². The number of likely N-dealkylation sites (tertiary alicyclic amines) is 1. The lowest BCUT2D eigenvalue weighted by Gasteiger charge is -2.37. The van der Waals surface area contributed by atoms with Crippen molar-refractivity contribution in [2.24, 2.45) is 5.92 Å². The van der Waals surface area contributed by atoms with Gasteiger partial charge >= 0.3 is 0 Å². The lowest BCUT2D eigenvalue weighted by atomic mass is 9.99. The third kappa shape index (κ3) is 4.54. The molecule has 0 saturated carbocycles. The highest BCUT2D eigenvalue weighted by Crippen LogP contribution is 2.23. The number of rotatable bonds is 6. The SMILES string of the molecule is CCCCC(Oc1ccccc1)N1CCCC(C)C1. The summed E-state index contributed by atoms with van der Waals surface area (Å²) in [5.41, 5.74) is 0. The Balaban J connectivity index is 1.98. The Morgan fingerprint density at radius 2 is 2.11 bits per heavy atom. The van der Waals surface area contributed by atoms with Crippen LogP contribution in [0.15, 0.2) is 30.3 Å². The number of benzene rings is 1. The highest BCUT2D eigenvalue weighted by molar-refractivity contribution is 5.21. The molecule has 0 aliphatic carbocycles. The van der Waals surface area contributed by atoms with Crippen LogP contribution in [0.25, 0.3) is 0 Å². The normalized spacial score (nSPS) is 22.1. The fourth-order valence-corrected chi connectivity index (χ4v) is 2.84. The van der Waals surface area contributed by atoms with Gasteiger partial charge in [-0.15, -0.1) is 0 Å². The second kappa shape index (κ2) is 7.54. The topological polar surface area (TPSA) is 12.5 Å². The van der Waals surface area contributed by atoms with Crippen LogP contribution in [-0.4, -0.2) is 24.2 Å². The summed E-state index contributed by atoms with van der Waals surface area (Å²) in [5, 5.41) is 0. The van der Waals surface area contributed by atoms with E-state index < -0.39 is 0 Å². The van der Waals surface area contributed by atoms with Crippen molar-refractivity contribution in [3.8, 4) is 5.75 Å². The van der Waals surface area contributed by atoms with Gasteiger partial charge in [0.05, 0.1) is 0 Å². The molecule has 1 aromatic rings. The van der Waals surface area contributed by atoms with Crippen molar-refractivity contribution < 1.29 is 4.74 Å². The molecule has 1 aliphatic heterocycles. The number of ether oxygens (including phenoxy) is 1. The molecule has 2 atom stereocenters. The molecule has 0 aromatic heterocycles. The van der Waals surface area contributed by atoms with Gasteiger partial charge in [0, 0.05) is 13.1 Å². The van der Waals surface area contributed by atoms with E-state index in [1.54, 1.807) is 0 Å². The van der Waals surface area contributed by atoms with Crippen LogP contribution in [0.1, 0.15) is 46.0 Å². The minimum absolute atomic E-state index is 0.255. The highest BCUT2D eigenvalue weighted by Gasteiger charge is 2.24. The predicted octanol–water partition coefficient (Wildman–Crippen LogP) is 4.31. The van der Waals surface area contributed by atoms with E-state index in [-0.39, 0.29) is 6.23 Å². The molecule has 0 N–H and O–H groups in total. The number of nitrogens with zero attached hydrogens (tertiary/aromatic N) is 1. The summed E-state index contributed by atoms with van der Waals surface area (Å²) in [7, 11) is 0. The Bertz CT molecular complexity index is 352. The van der Waals surface area contributed by atoms with Crippen LogP contribution >= 0.6 is 0 Å². The summed E-state index contributed by atoms with van der Waals surface area (Å²) in [4.78, 5) is 2.54. The summed E-state index contributed by atoms with van der Waals surface area (Å²) in [6.07, 6.45) is 6.54. The molecule has 2 nitrogen and oxygen atoms in total. The molecule has 1 heterocycles. The zero-order chi connectivity index (χ0) is 13.5. The van der Waals surface area contributed by atoms with Gasteiger partial charge in [0.2, 0.25) is 0 Å². The molecular formula is C17H27NO. The summed E-state index contributed by atoms with van der Waals surface area (Å²) in [5.74, 6) is 1.80. The van der Waals surface area contributed by atoms with Crippen LogP contribution in [0, 0.1) is 5.92 Å². The second-order valence-corrected chi connectivity index (χ2v) is 5.77. The maximum absolute atomic E-state index is 6.23. The predicted molar refractivity (Wildman–Crippen MR) is 80.4 cm³/mol. The van der Waals surface area contributed by atoms with Gasteiger partial charge in [-0.25, -0.2) is 0 Å². The largest absolute Gasteiger partial charge is 0.475 e. The lowest BCUT2D eigenvalue weighted by Crippen LogP contribution is -2.45. The molecule has 0 amide bonds. The molecule has 1 saturated heterocycles. The van der Waals surface area contributed by atoms with Crippen LogP contribution in [-0.2, 0) is 0 Å². The van der Waals surface area contributed by atoms with Gasteiger partial charge < -0.3 is 4.74 Å². The smallest absolute Gasteiger partial charge is 0.152 e. The Kier molecular flexibility index (Phi) is 5.71. The van der Waals surface area contributed by atoms with Crippen molar-refractivity contribution in [2.45, 2.75) is 52.2 Å². The lowest BCUT2D eigenvalue weighted by molar-refractivity contribution is -0.00731. The average molecular weight is 261 g/mol. The third-order valence-electron chi connectivity index (χ3n) is 3.92. The minimum atomic E-state index is 0.255. The molecule has 1 aliphatic rings. The van der Waals surface area contributed by atoms with Crippen molar-refractivity contribution in [3.05, 3.63) is 30.3 Å². The van der Waals surface area contributed by atoms with Gasteiger partial charge in [-0.2, -0.15) is 0 Å². The van der Waals surface area contributed by atoms with E-state index in [4.69, 9.17) is 4.74 Å². The molecule has 19 heavy (non-hydrogen) atoms. The van der Waals surface area contributed by atoms with Crippen molar-refractivity contribution in [3.63, 3.8) is 0 Å². The number of hydrogen-bond acceptors (Lipinski definition) is 2. The molecule has 0 spiro atoms. The quantitative estimate of drug-likeness (QED) is 0.756. The molecule has 2 heteroatoms. The number of unbranched alkanes of at least 4 members (excludes halogenated alkanes) is 1. The number of piperidine rings is 1. The maximum Gasteiger partial charge on any atom is 0.152 e. The summed E-state index contributed by atoms with van der Waals surface area (Å²) < 4.78 is 6.23. The zero-order valence-electron chi connectivity index (χ0n) is 12.3. The van der Waals surface area contributed by atoms with E-state index in [2.05, 4.69) is 30.9 Å². The Morgan fingerprint density at radius 3 is 2.79 bits per heavy atom. The Morgan fingerprint density at radius 1 is 1.32 bits per heavy atom. The Hall–Kier alpha value is -1.02. The van der Waals surface area contributed by atoms with Crippen molar-refractivity contribution in [1.29, 1.82) is 0 Å². The van der Waals surface area contributed by atoms with Gasteiger partial charge in [-0.1, -0.05) is 38.5 Å². The molecule has 1 fully saturated rings. The van der Waals surface area contributed by atoms with E-state index >= 15 is 0 Å². The molecule has 1 aromatic carbocycles. The monoisotopic (exact) mass is 261 g/mol. The van der Waals surface area contributed by atoms with Crippen LogP contribution in [0.4, 0.5) is 0 Å². The second-order valence-electron chi connectivity index (χ2n) is 5.77. The van der Waals surface area contributed by atoms with Gasteiger partial charge in [-0.05, 0) is 43.7 Å². The first kappa shape index (κ1) is 14.4. The van der Waals surface area contributed by atoms with Gasteiger partial charge in [0.1, 0.15) is 5.75 Å². The van der Waals surface area contributed by atoms with E-state index in [0.29, 0.717) is 0 Å². The van der Waals surface area contributed by atoms with Crippen LogP contribution in [0.2, 0.25) is 0 Å². The third-order valence-corrected chi connectivity index (χ3v) is 3.92. The number of para-hydroxylation sites is 1. The minimum Gasteiger partial charge on any atom is -0.475 e. The van der Waals surface area contributed by atoms with Crippen molar-refractivity contribution in [2.75, 3.05) is 13.1 Å². The Labute approximate surface area is 117 Å². The first-order chi connectivity index (χ1) is 9.29. The highest BCUT2D eigenvalue weighted by atomic mass is 16.5. The van der Waals surface area contributed by atoms with E-state index in [9.17, 15) is 0 Å². The molecule has 2 unspecified atom stereocenters. The molecule has 2 rings (SSSR count). The van der Waals surface area contributed by atoms with Crippen LogP contribution < -0.4 is 4.74 Å². The average Bonchev–Trinajstić information content (AvgIpc) is 2.44. The van der Waals surface area contributed by atoms with Gasteiger partial charge in [-0.3, -0.25) is 4.90 Å². The van der Waals surface area contributed by atoms with Crippen LogP contribution in [0.3, 0.4) is 0 Å². The first-order valence-electron chi connectivity index (χ1n) is 7.75. The summed E-state index contributed by atoms with van der Waals surface area (Å²) >= 11 is 0. The first-order valence-corrected chi connectivity index (χ1v) is 7.75. The molecule has 0 radical (unpaired) electrons. The standard InChI is InChI=1S/C17H27NO/c1-3-4-12-17(18-13-8-9-15(2)14-18)19-16-10-6-5-7-11-16/h5-7,10-11,15,17H,3-4,8-9,12-14H2,1-2H3. The summed E-state index contributed by atoms with van der Waals surface area (Å²) in [6, 6.07) is 10.3. The fraction of sp³-hybridized carbons (Fsp3) is 0.647. The zero-order valence-corrected chi connectivity index (χ0v) is 12.3. The maximum atomic E-state index is 6.23. The van der Waals surface area contributed by atoms with E-state index in [1.165, 1.54) is 38.8 Å². The van der Waals surface area contributed by atoms with Crippen molar-refractivity contribution in [1.82, 2.24) is 4.90 Å². The number of hydrogen-bond donors (Lipinski definition) is 0. The molecule has 0 bridgehead atoms. The molecular weight excluding hydrogens is 234 g/mol. The van der Waals surface area contributed by atoms with E-state index in [1.807, 2.05) is 18.2 Å². The summed E-state index contributed by atoms with van der Waals surface area (Å²) in [6.45, 7) is 6.97. The fourth-order valence-electron chi connectivity index (χ4n) is 2.84. The molecule has 106 valence electrons. The van der Waals surface area contributed by atoms with Gasteiger partial charge in [0.15, 0.2) is 6.23 Å². The van der Waals surface area contributed by atoms with Gasteiger partial charge in [0.25, 0.3) is 0 Å².